The molecule has 0 heterocycles. The quantitative estimate of drug-likeness (QED) is 0.764. The van der Waals surface area contributed by atoms with Crippen LogP contribution in [-0.2, 0) is 4.79 Å². The topological polar surface area (TPSA) is 41.1 Å². The largest absolute Gasteiger partial charge is 0.374 e. The molecule has 1 aromatic rings. The Morgan fingerprint density at radius 2 is 2.17 bits per heavy atom. The SMILES string of the molecule is CCCCNC(=O)C(C)Nc1ccc(C)c(F)c1. The smallest absolute Gasteiger partial charge is 0.242 e. The maximum absolute atomic E-state index is 13.3. The summed E-state index contributed by atoms with van der Waals surface area (Å²) in [6.45, 7) is 6.23. The molecule has 1 atom stereocenters. The maximum atomic E-state index is 13.3. The summed E-state index contributed by atoms with van der Waals surface area (Å²) in [6.07, 6.45) is 2.02. The number of carbonyl (C=O) groups is 1. The van der Waals surface area contributed by atoms with Crippen molar-refractivity contribution < 1.29 is 9.18 Å². The molecule has 1 aromatic carbocycles. The predicted octanol–water partition coefficient (Wildman–Crippen LogP) is 2.85. The number of anilines is 1. The molecule has 1 amide bonds. The summed E-state index contributed by atoms with van der Waals surface area (Å²) < 4.78 is 13.3. The highest BCUT2D eigenvalue weighted by Gasteiger charge is 2.12. The van der Waals surface area contributed by atoms with Crippen LogP contribution in [0.5, 0.6) is 0 Å². The van der Waals surface area contributed by atoms with Crippen molar-refractivity contribution in [1.29, 1.82) is 0 Å². The Kier molecular flexibility index (Phi) is 5.62. The molecule has 4 heteroatoms. The lowest BCUT2D eigenvalue weighted by molar-refractivity contribution is -0.121. The van der Waals surface area contributed by atoms with Gasteiger partial charge in [-0.1, -0.05) is 19.4 Å². The minimum Gasteiger partial charge on any atom is -0.374 e. The van der Waals surface area contributed by atoms with Gasteiger partial charge in [0.05, 0.1) is 0 Å². The fourth-order valence-electron chi connectivity index (χ4n) is 1.54. The van der Waals surface area contributed by atoms with Crippen molar-refractivity contribution >= 4 is 11.6 Å². The van der Waals surface area contributed by atoms with Crippen molar-refractivity contribution in [3.8, 4) is 0 Å². The van der Waals surface area contributed by atoms with Crippen LogP contribution in [0.1, 0.15) is 32.3 Å². The molecule has 1 rings (SSSR count). The molecule has 0 fully saturated rings. The van der Waals surface area contributed by atoms with E-state index in [1.165, 1.54) is 6.07 Å². The second-order valence-electron chi connectivity index (χ2n) is 4.47. The number of halogens is 1. The van der Waals surface area contributed by atoms with Crippen molar-refractivity contribution in [2.75, 3.05) is 11.9 Å². The van der Waals surface area contributed by atoms with Crippen LogP contribution in [0.2, 0.25) is 0 Å². The molecule has 0 saturated carbocycles. The Labute approximate surface area is 108 Å². The maximum Gasteiger partial charge on any atom is 0.242 e. The highest BCUT2D eigenvalue weighted by Crippen LogP contribution is 2.14. The molecule has 2 N–H and O–H groups in total. The number of amides is 1. The van der Waals surface area contributed by atoms with E-state index in [1.807, 2.05) is 0 Å². The molecule has 18 heavy (non-hydrogen) atoms. The molecule has 0 aromatic heterocycles. The van der Waals surface area contributed by atoms with E-state index in [2.05, 4.69) is 17.6 Å². The van der Waals surface area contributed by atoms with E-state index >= 15 is 0 Å². The Morgan fingerprint density at radius 3 is 2.78 bits per heavy atom. The van der Waals surface area contributed by atoms with Crippen molar-refractivity contribution in [2.45, 2.75) is 39.7 Å². The molecular weight excluding hydrogens is 231 g/mol. The first-order valence-electron chi connectivity index (χ1n) is 6.35. The number of hydrogen-bond acceptors (Lipinski definition) is 2. The number of rotatable bonds is 6. The molecule has 0 aliphatic carbocycles. The lowest BCUT2D eigenvalue weighted by atomic mass is 10.2. The normalized spacial score (nSPS) is 12.0. The zero-order valence-corrected chi connectivity index (χ0v) is 11.2. The van der Waals surface area contributed by atoms with Gasteiger partial charge in [0.1, 0.15) is 11.9 Å². The number of carbonyl (C=O) groups excluding carboxylic acids is 1. The summed E-state index contributed by atoms with van der Waals surface area (Å²) in [4.78, 5) is 11.7. The number of nitrogens with one attached hydrogen (secondary N) is 2. The predicted molar refractivity (Wildman–Crippen MR) is 72.1 cm³/mol. The van der Waals surface area contributed by atoms with E-state index in [1.54, 1.807) is 26.0 Å². The summed E-state index contributed by atoms with van der Waals surface area (Å²) >= 11 is 0. The summed E-state index contributed by atoms with van der Waals surface area (Å²) in [7, 11) is 0. The van der Waals surface area contributed by atoms with Crippen LogP contribution in [0.3, 0.4) is 0 Å². The lowest BCUT2D eigenvalue weighted by Gasteiger charge is -2.15. The van der Waals surface area contributed by atoms with Gasteiger partial charge in [-0.25, -0.2) is 4.39 Å². The molecule has 3 nitrogen and oxygen atoms in total. The van der Waals surface area contributed by atoms with E-state index in [4.69, 9.17) is 0 Å². The fourth-order valence-corrected chi connectivity index (χ4v) is 1.54. The second kappa shape index (κ2) is 6.99. The molecular formula is C14H21FN2O. The number of aryl methyl sites for hydroxylation is 1. The number of benzene rings is 1. The van der Waals surface area contributed by atoms with Gasteiger partial charge in [0.25, 0.3) is 0 Å². The van der Waals surface area contributed by atoms with Crippen LogP contribution < -0.4 is 10.6 Å². The van der Waals surface area contributed by atoms with Gasteiger partial charge in [-0.3, -0.25) is 4.79 Å². The van der Waals surface area contributed by atoms with Crippen LogP contribution in [0, 0.1) is 12.7 Å². The third kappa shape index (κ3) is 4.35. The zero-order valence-electron chi connectivity index (χ0n) is 11.2. The van der Waals surface area contributed by atoms with Gasteiger partial charge in [0.15, 0.2) is 0 Å². The average Bonchev–Trinajstić information content (AvgIpc) is 2.34. The molecule has 100 valence electrons. The van der Waals surface area contributed by atoms with Crippen LogP contribution in [0.4, 0.5) is 10.1 Å². The fraction of sp³-hybridized carbons (Fsp3) is 0.500. The Morgan fingerprint density at radius 1 is 1.44 bits per heavy atom. The van der Waals surface area contributed by atoms with Crippen LogP contribution in [-0.4, -0.2) is 18.5 Å². The van der Waals surface area contributed by atoms with Gasteiger partial charge in [-0.15, -0.1) is 0 Å². The number of unbranched alkanes of at least 4 members (excludes halogenated alkanes) is 1. The van der Waals surface area contributed by atoms with Gasteiger partial charge in [0, 0.05) is 12.2 Å². The summed E-state index contributed by atoms with van der Waals surface area (Å²) in [6, 6.07) is 4.50. The highest BCUT2D eigenvalue weighted by molar-refractivity contribution is 5.84. The standard InChI is InChI=1S/C14H21FN2O/c1-4-5-8-16-14(18)11(3)17-12-7-6-10(2)13(15)9-12/h6-7,9,11,17H,4-5,8H2,1-3H3,(H,16,18). The monoisotopic (exact) mass is 252 g/mol. The van der Waals surface area contributed by atoms with Gasteiger partial charge in [0.2, 0.25) is 5.91 Å². The third-order valence-corrected chi connectivity index (χ3v) is 2.78. The summed E-state index contributed by atoms with van der Waals surface area (Å²) in [5, 5.41) is 5.82. The number of hydrogen-bond donors (Lipinski definition) is 2. The molecule has 0 radical (unpaired) electrons. The van der Waals surface area contributed by atoms with E-state index < -0.39 is 0 Å². The Hall–Kier alpha value is -1.58. The first-order chi connectivity index (χ1) is 8.54. The van der Waals surface area contributed by atoms with Gasteiger partial charge < -0.3 is 10.6 Å². The first kappa shape index (κ1) is 14.5. The highest BCUT2D eigenvalue weighted by atomic mass is 19.1. The molecule has 0 aliphatic heterocycles. The van der Waals surface area contributed by atoms with Crippen molar-refractivity contribution in [3.05, 3.63) is 29.6 Å². The second-order valence-corrected chi connectivity index (χ2v) is 4.47. The first-order valence-corrected chi connectivity index (χ1v) is 6.35. The van der Waals surface area contributed by atoms with E-state index in [-0.39, 0.29) is 17.8 Å². The molecule has 0 saturated heterocycles. The van der Waals surface area contributed by atoms with Crippen LogP contribution >= 0.6 is 0 Å². The van der Waals surface area contributed by atoms with Crippen molar-refractivity contribution in [3.63, 3.8) is 0 Å². The van der Waals surface area contributed by atoms with Gasteiger partial charge in [-0.05, 0) is 38.0 Å². The molecule has 0 spiro atoms. The van der Waals surface area contributed by atoms with E-state index in [9.17, 15) is 9.18 Å². The van der Waals surface area contributed by atoms with Gasteiger partial charge in [-0.2, -0.15) is 0 Å². The minimum absolute atomic E-state index is 0.0653. The van der Waals surface area contributed by atoms with Crippen molar-refractivity contribution in [2.24, 2.45) is 0 Å². The van der Waals surface area contributed by atoms with Crippen LogP contribution in [0.25, 0.3) is 0 Å². The Balaban J connectivity index is 2.50. The Bertz CT molecular complexity index is 407. The summed E-state index contributed by atoms with van der Waals surface area (Å²) in [5.41, 5.74) is 1.22. The lowest BCUT2D eigenvalue weighted by Crippen LogP contribution is -2.38. The molecule has 1 unspecified atom stereocenters. The molecule has 0 aliphatic rings. The molecule has 0 bridgehead atoms. The van der Waals surface area contributed by atoms with Crippen molar-refractivity contribution in [1.82, 2.24) is 5.32 Å². The van der Waals surface area contributed by atoms with Gasteiger partial charge >= 0.3 is 0 Å². The minimum atomic E-state index is -0.371. The summed E-state index contributed by atoms with van der Waals surface area (Å²) in [5.74, 6) is -0.331. The van der Waals surface area contributed by atoms with E-state index in [0.29, 0.717) is 17.8 Å². The van der Waals surface area contributed by atoms with Crippen LogP contribution in [0.15, 0.2) is 18.2 Å². The van der Waals surface area contributed by atoms with E-state index in [0.717, 1.165) is 12.8 Å². The zero-order chi connectivity index (χ0) is 13.5. The third-order valence-electron chi connectivity index (χ3n) is 2.78. The average molecular weight is 252 g/mol.